The van der Waals surface area contributed by atoms with Crippen LogP contribution in [0.1, 0.15) is 29.9 Å². The van der Waals surface area contributed by atoms with Gasteiger partial charge in [-0.1, -0.05) is 0 Å². The minimum Gasteiger partial charge on any atom is -0.493 e. The summed E-state index contributed by atoms with van der Waals surface area (Å²) in [6.45, 7) is 2.84. The molecule has 0 spiro atoms. The van der Waals surface area contributed by atoms with E-state index < -0.39 is 11.6 Å². The lowest BCUT2D eigenvalue weighted by Crippen LogP contribution is -2.10. The lowest BCUT2D eigenvalue weighted by molar-refractivity contribution is 0.0690. The number of benzene rings is 1. The van der Waals surface area contributed by atoms with E-state index in [1.165, 1.54) is 34.1 Å². The number of nitrogens with zero attached hydrogens (tertiary/aromatic N) is 1. The van der Waals surface area contributed by atoms with Crippen molar-refractivity contribution < 1.29 is 23.8 Å². The van der Waals surface area contributed by atoms with Gasteiger partial charge >= 0.3 is 5.97 Å². The number of methoxy groups -OCH3 is 2. The van der Waals surface area contributed by atoms with Gasteiger partial charge in [0.25, 0.3) is 0 Å². The van der Waals surface area contributed by atoms with E-state index in [1.54, 1.807) is 12.1 Å². The molecule has 0 aliphatic rings. The molecule has 0 fully saturated rings. The van der Waals surface area contributed by atoms with Gasteiger partial charge < -0.3 is 14.6 Å². The van der Waals surface area contributed by atoms with Crippen molar-refractivity contribution in [3.05, 3.63) is 29.5 Å². The van der Waals surface area contributed by atoms with Gasteiger partial charge in [-0.05, 0) is 37.6 Å². The molecule has 0 amide bonds. The van der Waals surface area contributed by atoms with Crippen LogP contribution >= 0.6 is 0 Å². The Labute approximate surface area is 126 Å². The number of hydrogen-bond donors (Lipinski definition) is 2. The standard InChI is InChI=1S/C15H17FN2O4/c1-15(2,16)8-5-9(13(22-4)12(6-8)21-3)10-7-11(14(19)20)18-17-10/h5-7H,1-4H3,(H,17,18)(H,19,20). The molecular formula is C15H17FN2O4. The average Bonchev–Trinajstić information content (AvgIpc) is 2.94. The van der Waals surface area contributed by atoms with Crippen LogP contribution < -0.4 is 9.47 Å². The second-order valence-corrected chi connectivity index (χ2v) is 5.20. The molecule has 0 radical (unpaired) electrons. The summed E-state index contributed by atoms with van der Waals surface area (Å²) in [5.41, 5.74) is -0.508. The summed E-state index contributed by atoms with van der Waals surface area (Å²) in [6.07, 6.45) is 0. The zero-order chi connectivity index (χ0) is 16.5. The number of aromatic carboxylic acids is 1. The van der Waals surface area contributed by atoms with Crippen molar-refractivity contribution in [2.75, 3.05) is 14.2 Å². The van der Waals surface area contributed by atoms with Crippen LogP contribution in [0.5, 0.6) is 11.5 Å². The zero-order valence-electron chi connectivity index (χ0n) is 12.7. The van der Waals surface area contributed by atoms with E-state index in [4.69, 9.17) is 14.6 Å². The Morgan fingerprint density at radius 3 is 2.41 bits per heavy atom. The molecule has 2 aromatic rings. The predicted octanol–water partition coefficient (Wildman–Crippen LogP) is 3.00. The molecule has 1 aromatic heterocycles. The Morgan fingerprint density at radius 2 is 1.95 bits per heavy atom. The van der Waals surface area contributed by atoms with Crippen LogP contribution in [0.15, 0.2) is 18.2 Å². The maximum atomic E-state index is 14.3. The summed E-state index contributed by atoms with van der Waals surface area (Å²) in [4.78, 5) is 11.0. The minimum atomic E-state index is -1.60. The first kappa shape index (κ1) is 15.8. The number of ether oxygens (including phenoxy) is 2. The van der Waals surface area contributed by atoms with Crippen molar-refractivity contribution in [3.8, 4) is 22.8 Å². The summed E-state index contributed by atoms with van der Waals surface area (Å²) >= 11 is 0. The maximum absolute atomic E-state index is 14.3. The number of carboxylic acid groups (broad SMARTS) is 1. The number of carboxylic acids is 1. The van der Waals surface area contributed by atoms with E-state index in [2.05, 4.69) is 10.2 Å². The highest BCUT2D eigenvalue weighted by Gasteiger charge is 2.25. The van der Waals surface area contributed by atoms with Crippen LogP contribution in [0.2, 0.25) is 0 Å². The highest BCUT2D eigenvalue weighted by atomic mass is 19.1. The van der Waals surface area contributed by atoms with Gasteiger partial charge in [-0.15, -0.1) is 0 Å². The molecule has 0 unspecified atom stereocenters. The van der Waals surface area contributed by atoms with Crippen LogP contribution in [0.25, 0.3) is 11.3 Å². The lowest BCUT2D eigenvalue weighted by atomic mass is 9.95. The van der Waals surface area contributed by atoms with Gasteiger partial charge in [-0.3, -0.25) is 5.10 Å². The number of aromatic nitrogens is 2. The highest BCUT2D eigenvalue weighted by molar-refractivity contribution is 5.87. The van der Waals surface area contributed by atoms with Crippen LogP contribution in [-0.4, -0.2) is 35.5 Å². The number of alkyl halides is 1. The molecule has 2 N–H and O–H groups in total. The van der Waals surface area contributed by atoms with Gasteiger partial charge in [-0.25, -0.2) is 9.18 Å². The molecular weight excluding hydrogens is 291 g/mol. The molecule has 1 heterocycles. The fraction of sp³-hybridized carbons (Fsp3) is 0.333. The van der Waals surface area contributed by atoms with E-state index in [9.17, 15) is 9.18 Å². The Bertz CT molecular complexity index is 704. The average molecular weight is 308 g/mol. The SMILES string of the molecule is COc1cc(C(C)(C)F)cc(-c2cc(C(=O)O)[nH]n2)c1OC. The number of carbonyl (C=O) groups is 1. The van der Waals surface area contributed by atoms with Gasteiger partial charge in [0.1, 0.15) is 11.4 Å². The van der Waals surface area contributed by atoms with Gasteiger partial charge in [0.15, 0.2) is 11.5 Å². The first-order valence-electron chi connectivity index (χ1n) is 6.52. The lowest BCUT2D eigenvalue weighted by Gasteiger charge is -2.19. The van der Waals surface area contributed by atoms with Crippen LogP contribution in [0.4, 0.5) is 4.39 Å². The molecule has 118 valence electrons. The van der Waals surface area contributed by atoms with Crippen LogP contribution in [0.3, 0.4) is 0 Å². The van der Waals surface area contributed by atoms with E-state index in [1.807, 2.05) is 0 Å². The van der Waals surface area contributed by atoms with Gasteiger partial charge in [-0.2, -0.15) is 5.10 Å². The number of H-pyrrole nitrogens is 1. The fourth-order valence-electron chi connectivity index (χ4n) is 2.07. The highest BCUT2D eigenvalue weighted by Crippen LogP contribution is 2.41. The van der Waals surface area contributed by atoms with Gasteiger partial charge in [0.05, 0.1) is 19.9 Å². The Balaban J connectivity index is 2.68. The zero-order valence-corrected chi connectivity index (χ0v) is 12.7. The number of nitrogens with one attached hydrogen (secondary N) is 1. The summed E-state index contributed by atoms with van der Waals surface area (Å²) in [5.74, 6) is -0.425. The van der Waals surface area contributed by atoms with Crippen molar-refractivity contribution >= 4 is 5.97 Å². The second-order valence-electron chi connectivity index (χ2n) is 5.20. The molecule has 0 saturated carbocycles. The topological polar surface area (TPSA) is 84.4 Å². The van der Waals surface area contributed by atoms with E-state index in [-0.39, 0.29) is 5.69 Å². The second kappa shape index (κ2) is 5.67. The van der Waals surface area contributed by atoms with Gasteiger partial charge in [0, 0.05) is 5.56 Å². The molecule has 0 atom stereocenters. The largest absolute Gasteiger partial charge is 0.493 e. The normalized spacial score (nSPS) is 11.3. The van der Waals surface area contributed by atoms with Crippen molar-refractivity contribution in [2.45, 2.75) is 19.5 Å². The molecule has 22 heavy (non-hydrogen) atoms. The molecule has 7 heteroatoms. The molecule has 6 nitrogen and oxygen atoms in total. The third kappa shape index (κ3) is 2.88. The number of aromatic amines is 1. The molecule has 2 rings (SSSR count). The minimum absolute atomic E-state index is 0.0686. The van der Waals surface area contributed by atoms with E-state index in [0.717, 1.165) is 0 Å². The van der Waals surface area contributed by atoms with Crippen molar-refractivity contribution in [3.63, 3.8) is 0 Å². The van der Waals surface area contributed by atoms with Crippen LogP contribution in [0, 0.1) is 0 Å². The van der Waals surface area contributed by atoms with Crippen LogP contribution in [-0.2, 0) is 5.67 Å². The molecule has 0 bridgehead atoms. The summed E-state index contributed by atoms with van der Waals surface area (Å²) in [6, 6.07) is 4.48. The van der Waals surface area contributed by atoms with E-state index >= 15 is 0 Å². The number of rotatable bonds is 5. The van der Waals surface area contributed by atoms with Gasteiger partial charge in [0.2, 0.25) is 0 Å². The van der Waals surface area contributed by atoms with Crippen molar-refractivity contribution in [1.29, 1.82) is 0 Å². The molecule has 0 saturated heterocycles. The first-order chi connectivity index (χ1) is 10.3. The number of halogens is 1. The summed E-state index contributed by atoms with van der Waals surface area (Å²) < 4.78 is 24.8. The summed E-state index contributed by atoms with van der Waals surface area (Å²) in [5, 5.41) is 15.3. The molecule has 1 aromatic carbocycles. The third-order valence-corrected chi connectivity index (χ3v) is 3.25. The Morgan fingerprint density at radius 1 is 1.27 bits per heavy atom. The van der Waals surface area contributed by atoms with Crippen molar-refractivity contribution in [1.82, 2.24) is 10.2 Å². The fourth-order valence-corrected chi connectivity index (χ4v) is 2.07. The van der Waals surface area contributed by atoms with Crippen molar-refractivity contribution in [2.24, 2.45) is 0 Å². The predicted molar refractivity (Wildman–Crippen MR) is 78.2 cm³/mol. The maximum Gasteiger partial charge on any atom is 0.353 e. The first-order valence-corrected chi connectivity index (χ1v) is 6.52. The molecule has 0 aliphatic carbocycles. The monoisotopic (exact) mass is 308 g/mol. The smallest absolute Gasteiger partial charge is 0.353 e. The quantitative estimate of drug-likeness (QED) is 0.887. The summed E-state index contributed by atoms with van der Waals surface area (Å²) in [7, 11) is 2.90. The Hall–Kier alpha value is -2.57. The third-order valence-electron chi connectivity index (χ3n) is 3.25. The number of hydrogen-bond acceptors (Lipinski definition) is 4. The molecule has 0 aliphatic heterocycles. The Kier molecular flexibility index (Phi) is 4.07. The van der Waals surface area contributed by atoms with E-state index in [0.29, 0.717) is 28.3 Å².